The van der Waals surface area contributed by atoms with E-state index in [9.17, 15) is 0 Å². The molecule has 0 aromatic heterocycles. The lowest BCUT2D eigenvalue weighted by Crippen LogP contribution is -2.21. The first-order valence-electron chi connectivity index (χ1n) is 8.58. The molecular formula is C20H24BrNO2. The number of rotatable bonds is 6. The fraction of sp³-hybridized carbons (Fsp3) is 0.400. The van der Waals surface area contributed by atoms with Crippen LogP contribution < -0.4 is 10.1 Å². The Kier molecular flexibility index (Phi) is 6.30. The minimum absolute atomic E-state index is 0.316. The summed E-state index contributed by atoms with van der Waals surface area (Å²) >= 11 is 3.53. The summed E-state index contributed by atoms with van der Waals surface area (Å²) in [6.45, 7) is 5.06. The molecule has 0 saturated carbocycles. The van der Waals surface area contributed by atoms with Crippen LogP contribution in [0.25, 0.3) is 0 Å². The number of hydrogen-bond donors (Lipinski definition) is 1. The highest BCUT2D eigenvalue weighted by molar-refractivity contribution is 9.10. The summed E-state index contributed by atoms with van der Waals surface area (Å²) in [5.74, 6) is 0.988. The van der Waals surface area contributed by atoms with Gasteiger partial charge in [-0.15, -0.1) is 0 Å². The van der Waals surface area contributed by atoms with Crippen molar-refractivity contribution in [3.05, 3.63) is 63.6 Å². The minimum atomic E-state index is 0.316. The van der Waals surface area contributed by atoms with E-state index in [1.807, 2.05) is 6.92 Å². The maximum atomic E-state index is 5.90. The number of fused-ring (bicyclic) bond motifs is 1. The second-order valence-electron chi connectivity index (χ2n) is 6.01. The lowest BCUT2D eigenvalue weighted by molar-refractivity contribution is 0.133. The van der Waals surface area contributed by atoms with Gasteiger partial charge in [-0.3, -0.25) is 0 Å². The van der Waals surface area contributed by atoms with Crippen molar-refractivity contribution in [1.29, 1.82) is 0 Å². The summed E-state index contributed by atoms with van der Waals surface area (Å²) < 4.78 is 12.5. The number of benzene rings is 2. The number of nitrogens with one attached hydrogen (secondary N) is 1. The topological polar surface area (TPSA) is 30.5 Å². The smallest absolute Gasteiger partial charge is 0.125 e. The Balaban J connectivity index is 1.73. The van der Waals surface area contributed by atoms with Crippen LogP contribution in [0.15, 0.2) is 46.9 Å². The fourth-order valence-corrected chi connectivity index (χ4v) is 3.41. The molecule has 1 unspecified atom stereocenters. The standard InChI is InChI=1S/C20H24BrNO2/c1-2-23-14-16-7-4-3-6-15(16)13-22-19-8-5-11-24-20-12-17(21)9-10-18(19)20/h3-4,6-7,9-10,12,19,22H,2,5,8,11,13-14H2,1H3. The molecule has 24 heavy (non-hydrogen) atoms. The maximum Gasteiger partial charge on any atom is 0.125 e. The zero-order valence-corrected chi connectivity index (χ0v) is 15.6. The summed E-state index contributed by atoms with van der Waals surface area (Å²) in [5.41, 5.74) is 3.81. The van der Waals surface area contributed by atoms with Gasteiger partial charge in [0.25, 0.3) is 0 Å². The van der Waals surface area contributed by atoms with E-state index in [2.05, 4.69) is 63.7 Å². The number of ether oxygens (including phenoxy) is 2. The lowest BCUT2D eigenvalue weighted by Gasteiger charge is -2.20. The van der Waals surface area contributed by atoms with Gasteiger partial charge in [-0.2, -0.15) is 0 Å². The van der Waals surface area contributed by atoms with Crippen LogP contribution in [0.4, 0.5) is 0 Å². The van der Waals surface area contributed by atoms with Crippen molar-refractivity contribution in [2.24, 2.45) is 0 Å². The zero-order valence-electron chi connectivity index (χ0n) is 14.1. The third-order valence-electron chi connectivity index (χ3n) is 4.36. The van der Waals surface area contributed by atoms with E-state index in [0.717, 1.165) is 42.8 Å². The molecule has 2 aromatic carbocycles. The molecule has 1 aliphatic rings. The summed E-state index contributed by atoms with van der Waals surface area (Å²) in [6.07, 6.45) is 2.15. The van der Waals surface area contributed by atoms with Gasteiger partial charge < -0.3 is 14.8 Å². The van der Waals surface area contributed by atoms with Crippen LogP contribution in [0.3, 0.4) is 0 Å². The van der Waals surface area contributed by atoms with Crippen LogP contribution in [0.5, 0.6) is 5.75 Å². The number of halogens is 1. The summed E-state index contributed by atoms with van der Waals surface area (Å²) in [6, 6.07) is 15.1. The second kappa shape index (κ2) is 8.65. The number of hydrogen-bond acceptors (Lipinski definition) is 3. The molecule has 3 nitrogen and oxygen atoms in total. The molecule has 4 heteroatoms. The van der Waals surface area contributed by atoms with E-state index in [-0.39, 0.29) is 0 Å². The van der Waals surface area contributed by atoms with Gasteiger partial charge in [0.1, 0.15) is 5.75 Å². The summed E-state index contributed by atoms with van der Waals surface area (Å²) in [7, 11) is 0. The molecule has 0 aliphatic carbocycles. The van der Waals surface area contributed by atoms with Gasteiger partial charge in [-0.25, -0.2) is 0 Å². The van der Waals surface area contributed by atoms with Gasteiger partial charge >= 0.3 is 0 Å². The molecule has 1 N–H and O–H groups in total. The molecular weight excluding hydrogens is 366 g/mol. The van der Waals surface area contributed by atoms with E-state index >= 15 is 0 Å². The normalized spacial score (nSPS) is 17.0. The van der Waals surface area contributed by atoms with E-state index in [0.29, 0.717) is 12.6 Å². The van der Waals surface area contributed by atoms with Crippen molar-refractivity contribution >= 4 is 15.9 Å². The third kappa shape index (κ3) is 4.38. The molecule has 0 saturated heterocycles. The average Bonchev–Trinajstić information content (AvgIpc) is 2.80. The van der Waals surface area contributed by atoms with Crippen LogP contribution in [-0.2, 0) is 17.9 Å². The molecule has 1 heterocycles. The highest BCUT2D eigenvalue weighted by Crippen LogP contribution is 2.34. The minimum Gasteiger partial charge on any atom is -0.493 e. The van der Waals surface area contributed by atoms with E-state index < -0.39 is 0 Å². The molecule has 128 valence electrons. The van der Waals surface area contributed by atoms with Gasteiger partial charge in [0.15, 0.2) is 0 Å². The van der Waals surface area contributed by atoms with Crippen LogP contribution in [0, 0.1) is 0 Å². The van der Waals surface area contributed by atoms with Crippen molar-refractivity contribution in [2.75, 3.05) is 13.2 Å². The Labute approximate surface area is 152 Å². The van der Waals surface area contributed by atoms with E-state index in [4.69, 9.17) is 9.47 Å². The van der Waals surface area contributed by atoms with Crippen molar-refractivity contribution in [3.8, 4) is 5.75 Å². The first kappa shape index (κ1) is 17.5. The molecule has 0 bridgehead atoms. The molecule has 3 rings (SSSR count). The zero-order chi connectivity index (χ0) is 16.8. The Bertz CT molecular complexity index is 674. The molecule has 2 aromatic rings. The maximum absolute atomic E-state index is 5.90. The van der Waals surface area contributed by atoms with Crippen molar-refractivity contribution in [1.82, 2.24) is 5.32 Å². The molecule has 1 aliphatic heterocycles. The molecule has 0 amide bonds. The fourth-order valence-electron chi connectivity index (χ4n) is 3.07. The predicted octanol–water partition coefficient (Wildman–Crippen LogP) is 4.99. The Morgan fingerprint density at radius 2 is 2.04 bits per heavy atom. The Hall–Kier alpha value is -1.36. The molecule has 0 fully saturated rings. The van der Waals surface area contributed by atoms with Gasteiger partial charge in [0.2, 0.25) is 0 Å². The van der Waals surface area contributed by atoms with Gasteiger partial charge in [-0.1, -0.05) is 46.3 Å². The van der Waals surface area contributed by atoms with Crippen molar-refractivity contribution < 1.29 is 9.47 Å². The van der Waals surface area contributed by atoms with Crippen LogP contribution >= 0.6 is 15.9 Å². The average molecular weight is 390 g/mol. The SMILES string of the molecule is CCOCc1ccccc1CNC1CCCOc2cc(Br)ccc21. The first-order valence-corrected chi connectivity index (χ1v) is 9.37. The van der Waals surface area contributed by atoms with Crippen molar-refractivity contribution in [3.63, 3.8) is 0 Å². The highest BCUT2D eigenvalue weighted by Gasteiger charge is 2.19. The highest BCUT2D eigenvalue weighted by atomic mass is 79.9. The van der Waals surface area contributed by atoms with Crippen LogP contribution in [-0.4, -0.2) is 13.2 Å². The molecule has 0 radical (unpaired) electrons. The Morgan fingerprint density at radius 1 is 1.21 bits per heavy atom. The van der Waals surface area contributed by atoms with Gasteiger partial charge in [-0.05, 0) is 43.0 Å². The summed E-state index contributed by atoms with van der Waals surface area (Å²) in [4.78, 5) is 0. The first-order chi connectivity index (χ1) is 11.8. The van der Waals surface area contributed by atoms with Crippen LogP contribution in [0.2, 0.25) is 0 Å². The van der Waals surface area contributed by atoms with Gasteiger partial charge in [0, 0.05) is 29.2 Å². The lowest BCUT2D eigenvalue weighted by atomic mass is 10.0. The Morgan fingerprint density at radius 3 is 2.88 bits per heavy atom. The summed E-state index contributed by atoms with van der Waals surface area (Å²) in [5, 5.41) is 3.72. The monoisotopic (exact) mass is 389 g/mol. The van der Waals surface area contributed by atoms with E-state index in [1.165, 1.54) is 16.7 Å². The third-order valence-corrected chi connectivity index (χ3v) is 4.86. The van der Waals surface area contributed by atoms with E-state index in [1.54, 1.807) is 0 Å². The quantitative estimate of drug-likeness (QED) is 0.754. The van der Waals surface area contributed by atoms with Crippen LogP contribution in [0.1, 0.15) is 42.5 Å². The molecule has 1 atom stereocenters. The van der Waals surface area contributed by atoms with Gasteiger partial charge in [0.05, 0.1) is 13.2 Å². The predicted molar refractivity (Wildman–Crippen MR) is 100 cm³/mol. The van der Waals surface area contributed by atoms with Crippen molar-refractivity contribution in [2.45, 2.75) is 39.0 Å². The largest absolute Gasteiger partial charge is 0.493 e. The second-order valence-corrected chi connectivity index (χ2v) is 6.93. The molecule has 0 spiro atoms.